The van der Waals surface area contributed by atoms with Crippen LogP contribution in [0.1, 0.15) is 27.7 Å². The van der Waals surface area contributed by atoms with Gasteiger partial charge in [0.1, 0.15) is 0 Å². The van der Waals surface area contributed by atoms with Crippen molar-refractivity contribution in [1.29, 1.82) is 0 Å². The van der Waals surface area contributed by atoms with E-state index in [2.05, 4.69) is 100 Å². The first-order valence-electron chi connectivity index (χ1n) is 11.4. The minimum atomic E-state index is -0.373. The smallest absolute Gasteiger partial charge is 0.399 e. The largest absolute Gasteiger partial charge is 0.494 e. The zero-order valence-corrected chi connectivity index (χ0v) is 19.3. The monoisotopic (exact) mass is 432 g/mol. The highest BCUT2D eigenvalue weighted by Crippen LogP contribution is 2.37. The molecule has 1 aromatic heterocycles. The summed E-state index contributed by atoms with van der Waals surface area (Å²) < 4.78 is 12.4. The third-order valence-electron chi connectivity index (χ3n) is 7.16. The molecule has 0 bridgehead atoms. The maximum Gasteiger partial charge on any atom is 0.494 e. The lowest BCUT2D eigenvalue weighted by molar-refractivity contribution is 0.00578. The first-order valence-corrected chi connectivity index (χ1v) is 11.4. The van der Waals surface area contributed by atoms with Gasteiger partial charge in [-0.05, 0) is 43.9 Å². The lowest BCUT2D eigenvalue weighted by Crippen LogP contribution is -2.41. The Morgan fingerprint density at radius 1 is 0.636 bits per heavy atom. The summed E-state index contributed by atoms with van der Waals surface area (Å²) in [5.74, 6) is 0. The molecule has 5 aromatic rings. The zero-order chi connectivity index (χ0) is 22.8. The molecule has 0 radical (unpaired) electrons. The quantitative estimate of drug-likeness (QED) is 0.257. The van der Waals surface area contributed by atoms with Crippen molar-refractivity contribution in [2.75, 3.05) is 0 Å². The Morgan fingerprint density at radius 2 is 1.15 bits per heavy atom. The maximum absolute atomic E-state index is 6.19. The van der Waals surface area contributed by atoms with E-state index >= 15 is 0 Å². The van der Waals surface area contributed by atoms with Crippen molar-refractivity contribution in [3.8, 4) is 11.3 Å². The number of nitrogens with zero attached hydrogens (tertiary/aromatic N) is 2. The van der Waals surface area contributed by atoms with Gasteiger partial charge in [0, 0.05) is 16.3 Å². The van der Waals surface area contributed by atoms with E-state index in [1.54, 1.807) is 0 Å². The molecule has 0 spiro atoms. The molecule has 1 aliphatic rings. The highest BCUT2D eigenvalue weighted by molar-refractivity contribution is 6.62. The molecule has 0 aliphatic carbocycles. The summed E-state index contributed by atoms with van der Waals surface area (Å²) in [6.45, 7) is 8.28. The number of hydrogen-bond donors (Lipinski definition) is 0. The molecule has 0 amide bonds. The summed E-state index contributed by atoms with van der Waals surface area (Å²) in [4.78, 5) is 9.93. The normalized spacial score (nSPS) is 17.3. The van der Waals surface area contributed by atoms with Gasteiger partial charge in [0.15, 0.2) is 0 Å². The third-order valence-corrected chi connectivity index (χ3v) is 7.16. The Labute approximate surface area is 193 Å². The summed E-state index contributed by atoms with van der Waals surface area (Å²) in [6, 6.07) is 25.1. The van der Waals surface area contributed by atoms with Gasteiger partial charge in [0.2, 0.25) is 0 Å². The molecule has 33 heavy (non-hydrogen) atoms. The van der Waals surface area contributed by atoms with Gasteiger partial charge in [0.05, 0.1) is 34.1 Å². The van der Waals surface area contributed by atoms with Crippen molar-refractivity contribution in [3.05, 3.63) is 79.0 Å². The molecule has 4 aromatic carbocycles. The lowest BCUT2D eigenvalue weighted by atomic mass is 9.79. The molecule has 1 aliphatic heterocycles. The van der Waals surface area contributed by atoms with Crippen molar-refractivity contribution < 1.29 is 9.31 Å². The highest BCUT2D eigenvalue weighted by Gasteiger charge is 2.51. The molecule has 0 atom stereocenters. The van der Waals surface area contributed by atoms with Gasteiger partial charge in [-0.25, -0.2) is 4.98 Å². The molecule has 6 rings (SSSR count). The number of rotatable bonds is 2. The van der Waals surface area contributed by atoms with Gasteiger partial charge >= 0.3 is 7.12 Å². The van der Waals surface area contributed by atoms with E-state index < -0.39 is 0 Å². The van der Waals surface area contributed by atoms with Crippen molar-refractivity contribution in [1.82, 2.24) is 9.97 Å². The number of hydrogen-bond acceptors (Lipinski definition) is 4. The van der Waals surface area contributed by atoms with Crippen LogP contribution in [0.15, 0.2) is 79.0 Å². The number of benzene rings is 4. The van der Waals surface area contributed by atoms with E-state index in [-0.39, 0.29) is 18.3 Å². The van der Waals surface area contributed by atoms with E-state index in [4.69, 9.17) is 19.3 Å². The number of fused-ring (bicyclic) bond motifs is 6. The van der Waals surface area contributed by atoms with E-state index in [1.165, 1.54) is 10.8 Å². The van der Waals surface area contributed by atoms with Gasteiger partial charge < -0.3 is 9.31 Å². The van der Waals surface area contributed by atoms with Crippen molar-refractivity contribution in [2.24, 2.45) is 0 Å². The van der Waals surface area contributed by atoms with Crippen LogP contribution in [-0.2, 0) is 9.31 Å². The minimum Gasteiger partial charge on any atom is -0.399 e. The molecule has 0 unspecified atom stereocenters. The van der Waals surface area contributed by atoms with E-state index in [9.17, 15) is 0 Å². The fourth-order valence-electron chi connectivity index (χ4n) is 4.55. The van der Waals surface area contributed by atoms with Crippen LogP contribution in [0, 0.1) is 0 Å². The van der Waals surface area contributed by atoms with Gasteiger partial charge in [-0.1, -0.05) is 72.8 Å². The van der Waals surface area contributed by atoms with Crippen LogP contribution in [-0.4, -0.2) is 28.3 Å². The van der Waals surface area contributed by atoms with E-state index in [0.29, 0.717) is 0 Å². The lowest BCUT2D eigenvalue weighted by Gasteiger charge is -2.32. The second-order valence-corrected chi connectivity index (χ2v) is 9.75. The molecule has 5 heteroatoms. The SMILES string of the molecule is CC1(C)OB(c2ccc(-c3cnc4c5ccccc5c5ccccc5c4n3)cc2)OC1(C)C. The average Bonchev–Trinajstić information content (AvgIpc) is 3.06. The Morgan fingerprint density at radius 3 is 1.73 bits per heavy atom. The van der Waals surface area contributed by atoms with Gasteiger partial charge in [-0.2, -0.15) is 0 Å². The molecule has 0 saturated carbocycles. The summed E-state index contributed by atoms with van der Waals surface area (Å²) in [5.41, 5.74) is 4.01. The molecule has 0 N–H and O–H groups in total. The van der Waals surface area contributed by atoms with Gasteiger partial charge in [-0.15, -0.1) is 0 Å². The zero-order valence-electron chi connectivity index (χ0n) is 19.3. The average molecular weight is 432 g/mol. The Hall–Kier alpha value is -3.28. The topological polar surface area (TPSA) is 44.2 Å². The Kier molecular flexibility index (Phi) is 4.38. The second kappa shape index (κ2) is 7.11. The molecular weight excluding hydrogens is 407 g/mol. The highest BCUT2D eigenvalue weighted by atomic mass is 16.7. The van der Waals surface area contributed by atoms with E-state index in [1.807, 2.05) is 6.20 Å². The van der Waals surface area contributed by atoms with Crippen LogP contribution in [0.4, 0.5) is 0 Å². The van der Waals surface area contributed by atoms with E-state index in [0.717, 1.165) is 38.5 Å². The van der Waals surface area contributed by atoms with Crippen molar-refractivity contribution in [2.45, 2.75) is 38.9 Å². The third kappa shape index (κ3) is 3.15. The maximum atomic E-state index is 6.19. The summed E-state index contributed by atoms with van der Waals surface area (Å²) >= 11 is 0. The van der Waals surface area contributed by atoms with Crippen LogP contribution in [0.25, 0.3) is 43.8 Å². The molecule has 162 valence electrons. The molecule has 1 saturated heterocycles. The molecular formula is C28H25BN2O2. The van der Waals surface area contributed by atoms with Crippen molar-refractivity contribution in [3.63, 3.8) is 0 Å². The summed E-state index contributed by atoms with van der Waals surface area (Å²) in [7, 11) is -0.373. The fourth-order valence-corrected chi connectivity index (χ4v) is 4.55. The number of aromatic nitrogens is 2. The van der Waals surface area contributed by atoms with Crippen LogP contribution in [0.3, 0.4) is 0 Å². The fraction of sp³-hybridized carbons (Fsp3) is 0.214. The molecule has 2 heterocycles. The summed E-state index contributed by atoms with van der Waals surface area (Å²) in [5, 5.41) is 4.65. The predicted octanol–water partition coefficient (Wildman–Crippen LogP) is 5.90. The van der Waals surface area contributed by atoms with Crippen LogP contribution < -0.4 is 5.46 Å². The van der Waals surface area contributed by atoms with Gasteiger partial charge in [0.25, 0.3) is 0 Å². The standard InChI is InChI=1S/C28H25BN2O2/c1-27(2)28(3,4)33-29(32-27)19-15-13-18(14-16-19)24-17-30-25-22-11-7-5-9-20(22)21-10-6-8-12-23(21)26(25)31-24/h5-17H,1-4H3. The van der Waals surface area contributed by atoms with Crippen LogP contribution >= 0.6 is 0 Å². The van der Waals surface area contributed by atoms with Crippen LogP contribution in [0.2, 0.25) is 0 Å². The summed E-state index contributed by atoms with van der Waals surface area (Å²) in [6.07, 6.45) is 1.87. The molecule has 4 nitrogen and oxygen atoms in total. The first-order chi connectivity index (χ1) is 15.8. The Bertz CT molecular complexity index is 1480. The Balaban J connectivity index is 1.44. The second-order valence-electron chi connectivity index (χ2n) is 9.75. The first kappa shape index (κ1) is 20.3. The van der Waals surface area contributed by atoms with Crippen molar-refractivity contribution >= 4 is 45.2 Å². The van der Waals surface area contributed by atoms with Gasteiger partial charge in [-0.3, -0.25) is 4.98 Å². The van der Waals surface area contributed by atoms with Crippen LogP contribution in [0.5, 0.6) is 0 Å². The minimum absolute atomic E-state index is 0.357. The molecule has 1 fully saturated rings. The predicted molar refractivity (Wildman–Crippen MR) is 136 cm³/mol.